The summed E-state index contributed by atoms with van der Waals surface area (Å²) in [6.45, 7) is 5.19. The highest BCUT2D eigenvalue weighted by molar-refractivity contribution is 7.99. The fourth-order valence-electron chi connectivity index (χ4n) is 3.94. The molecule has 1 heterocycles. The molecular formula is C15H22SSi. The number of fused-ring (bicyclic) bond motifs is 1. The van der Waals surface area contributed by atoms with Crippen LogP contribution in [-0.4, -0.2) is 19.6 Å². The molecule has 3 rings (SSSR count). The zero-order valence-electron chi connectivity index (χ0n) is 10.9. The van der Waals surface area contributed by atoms with Crippen LogP contribution in [0, 0.1) is 11.8 Å². The van der Waals surface area contributed by atoms with Gasteiger partial charge in [0, 0.05) is 0 Å². The Morgan fingerprint density at radius 3 is 2.59 bits per heavy atom. The molecule has 0 radical (unpaired) electrons. The van der Waals surface area contributed by atoms with E-state index in [0.717, 1.165) is 17.4 Å². The van der Waals surface area contributed by atoms with Crippen LogP contribution in [-0.2, 0) is 0 Å². The van der Waals surface area contributed by atoms with E-state index < -0.39 is 8.07 Å². The van der Waals surface area contributed by atoms with Gasteiger partial charge in [-0.15, -0.1) is 0 Å². The van der Waals surface area contributed by atoms with Crippen LogP contribution >= 0.6 is 11.8 Å². The van der Waals surface area contributed by atoms with Crippen molar-refractivity contribution in [3.05, 3.63) is 30.3 Å². The van der Waals surface area contributed by atoms with Crippen LogP contribution in [0.1, 0.15) is 12.8 Å². The molecular weight excluding hydrogens is 240 g/mol. The standard InChI is InChI=1S/C15H22SSi/c1-17(2,13-6-4-3-5-7-13)15-9-8-12-10-16-11-14(12)15/h3-7,12,14-15H,8-11H2,1-2H3/t12-,14+,15+/m1/s1. The first-order valence-corrected chi connectivity index (χ1v) is 11.1. The van der Waals surface area contributed by atoms with Gasteiger partial charge in [0.1, 0.15) is 0 Å². The molecule has 17 heavy (non-hydrogen) atoms. The van der Waals surface area contributed by atoms with E-state index in [1.165, 1.54) is 24.3 Å². The fraction of sp³-hybridized carbons (Fsp3) is 0.600. The molecule has 0 unspecified atom stereocenters. The maximum atomic E-state index is 2.60. The summed E-state index contributed by atoms with van der Waals surface area (Å²) in [4.78, 5) is 0. The minimum absolute atomic E-state index is 1.03. The molecule has 0 amide bonds. The van der Waals surface area contributed by atoms with Crippen molar-refractivity contribution in [2.24, 2.45) is 11.8 Å². The molecule has 1 aliphatic heterocycles. The van der Waals surface area contributed by atoms with Gasteiger partial charge in [0.25, 0.3) is 0 Å². The molecule has 92 valence electrons. The van der Waals surface area contributed by atoms with Crippen LogP contribution in [0.25, 0.3) is 0 Å². The Hall–Kier alpha value is -0.213. The third kappa shape index (κ3) is 1.99. The lowest BCUT2D eigenvalue weighted by Crippen LogP contribution is -2.47. The smallest absolute Gasteiger partial charge is 0.0839 e. The quantitative estimate of drug-likeness (QED) is 0.732. The molecule has 1 aromatic carbocycles. The Labute approximate surface area is 110 Å². The van der Waals surface area contributed by atoms with Gasteiger partial charge in [0.05, 0.1) is 8.07 Å². The Morgan fingerprint density at radius 2 is 1.82 bits per heavy atom. The third-order valence-electron chi connectivity index (χ3n) is 5.06. The average molecular weight is 262 g/mol. The number of benzene rings is 1. The minimum Gasteiger partial charge on any atom is -0.161 e. The highest BCUT2D eigenvalue weighted by Crippen LogP contribution is 2.52. The fourth-order valence-corrected chi connectivity index (χ4v) is 9.57. The van der Waals surface area contributed by atoms with Gasteiger partial charge in [-0.3, -0.25) is 0 Å². The lowest BCUT2D eigenvalue weighted by atomic mass is 10.0. The lowest BCUT2D eigenvalue weighted by Gasteiger charge is -2.34. The van der Waals surface area contributed by atoms with Crippen LogP contribution in [0.4, 0.5) is 0 Å². The molecule has 0 aromatic heterocycles. The number of rotatable bonds is 2. The predicted molar refractivity (Wildman–Crippen MR) is 80.8 cm³/mol. The summed E-state index contributed by atoms with van der Waals surface area (Å²) in [5.41, 5.74) is 1.03. The molecule has 2 heteroatoms. The Bertz CT molecular complexity index is 387. The molecule has 0 bridgehead atoms. The molecule has 1 aliphatic carbocycles. The highest BCUT2D eigenvalue weighted by atomic mass is 32.2. The molecule has 1 aromatic rings. The predicted octanol–water partition coefficient (Wildman–Crippen LogP) is 3.75. The minimum atomic E-state index is -1.25. The maximum Gasteiger partial charge on any atom is 0.0839 e. The summed E-state index contributed by atoms with van der Waals surface area (Å²) in [6, 6.07) is 11.3. The summed E-state index contributed by atoms with van der Waals surface area (Å²) in [6.07, 6.45) is 3.01. The van der Waals surface area contributed by atoms with Gasteiger partial charge in [-0.1, -0.05) is 55.0 Å². The van der Waals surface area contributed by atoms with Crippen molar-refractivity contribution < 1.29 is 0 Å². The van der Waals surface area contributed by atoms with Crippen LogP contribution in [0.3, 0.4) is 0 Å². The molecule has 0 N–H and O–H groups in total. The summed E-state index contributed by atoms with van der Waals surface area (Å²) in [5, 5.41) is 1.67. The highest BCUT2D eigenvalue weighted by Gasteiger charge is 2.47. The molecule has 0 spiro atoms. The number of hydrogen-bond donors (Lipinski definition) is 0. The zero-order chi connectivity index (χ0) is 11.9. The van der Waals surface area contributed by atoms with E-state index >= 15 is 0 Å². The molecule has 3 atom stereocenters. The van der Waals surface area contributed by atoms with E-state index in [-0.39, 0.29) is 0 Å². The van der Waals surface area contributed by atoms with Crippen molar-refractivity contribution in [1.82, 2.24) is 0 Å². The van der Waals surface area contributed by atoms with Gasteiger partial charge in [0.15, 0.2) is 0 Å². The Kier molecular flexibility index (Phi) is 3.12. The van der Waals surface area contributed by atoms with Crippen molar-refractivity contribution in [2.45, 2.75) is 31.5 Å². The van der Waals surface area contributed by atoms with Crippen LogP contribution in [0.5, 0.6) is 0 Å². The van der Waals surface area contributed by atoms with E-state index in [2.05, 4.69) is 55.2 Å². The Morgan fingerprint density at radius 1 is 1.06 bits per heavy atom. The molecule has 1 saturated heterocycles. The first-order valence-electron chi connectivity index (χ1n) is 6.83. The molecule has 2 aliphatic rings. The lowest BCUT2D eigenvalue weighted by molar-refractivity contribution is 0.489. The van der Waals surface area contributed by atoms with Gasteiger partial charge in [-0.25, -0.2) is 0 Å². The largest absolute Gasteiger partial charge is 0.161 e. The second-order valence-corrected chi connectivity index (χ2v) is 12.1. The summed E-state index contributed by atoms with van der Waals surface area (Å²) >= 11 is 2.20. The van der Waals surface area contributed by atoms with E-state index in [0.29, 0.717) is 0 Å². The van der Waals surface area contributed by atoms with Crippen molar-refractivity contribution in [3.8, 4) is 0 Å². The zero-order valence-corrected chi connectivity index (χ0v) is 12.7. The van der Waals surface area contributed by atoms with E-state index in [4.69, 9.17) is 0 Å². The van der Waals surface area contributed by atoms with Crippen LogP contribution < -0.4 is 5.19 Å². The van der Waals surface area contributed by atoms with E-state index in [1.807, 2.05) is 0 Å². The van der Waals surface area contributed by atoms with Crippen LogP contribution in [0.2, 0.25) is 18.6 Å². The second-order valence-electron chi connectivity index (χ2n) is 6.23. The second kappa shape index (κ2) is 4.47. The average Bonchev–Trinajstić information content (AvgIpc) is 2.91. The van der Waals surface area contributed by atoms with Crippen molar-refractivity contribution >= 4 is 25.0 Å². The van der Waals surface area contributed by atoms with Gasteiger partial charge >= 0.3 is 0 Å². The van der Waals surface area contributed by atoms with Crippen molar-refractivity contribution in [3.63, 3.8) is 0 Å². The molecule has 2 fully saturated rings. The SMILES string of the molecule is C[Si](C)(c1ccccc1)[C@H]1CC[C@@H]2CSC[C@@H]21. The third-order valence-corrected chi connectivity index (χ3v) is 10.7. The first-order chi connectivity index (χ1) is 8.19. The number of thioether (sulfide) groups is 1. The van der Waals surface area contributed by atoms with Crippen molar-refractivity contribution in [2.75, 3.05) is 11.5 Å². The Balaban J connectivity index is 1.88. The van der Waals surface area contributed by atoms with Gasteiger partial charge in [0.2, 0.25) is 0 Å². The van der Waals surface area contributed by atoms with Crippen LogP contribution in [0.15, 0.2) is 30.3 Å². The maximum absolute atomic E-state index is 2.60. The summed E-state index contributed by atoms with van der Waals surface area (Å²) < 4.78 is 0. The normalized spacial score (nSPS) is 32.7. The van der Waals surface area contributed by atoms with Crippen molar-refractivity contribution in [1.29, 1.82) is 0 Å². The summed E-state index contributed by atoms with van der Waals surface area (Å²) in [5.74, 6) is 4.99. The van der Waals surface area contributed by atoms with E-state index in [1.54, 1.807) is 5.19 Å². The number of hydrogen-bond acceptors (Lipinski definition) is 1. The monoisotopic (exact) mass is 262 g/mol. The molecule has 0 nitrogen and oxygen atoms in total. The van der Waals surface area contributed by atoms with Gasteiger partial charge in [-0.05, 0) is 35.3 Å². The van der Waals surface area contributed by atoms with Gasteiger partial charge < -0.3 is 0 Å². The van der Waals surface area contributed by atoms with Gasteiger partial charge in [-0.2, -0.15) is 11.8 Å². The summed E-state index contributed by atoms with van der Waals surface area (Å²) in [7, 11) is -1.25. The first kappa shape index (κ1) is 11.9. The molecule has 1 saturated carbocycles. The topological polar surface area (TPSA) is 0 Å². The van der Waals surface area contributed by atoms with E-state index in [9.17, 15) is 0 Å².